The summed E-state index contributed by atoms with van der Waals surface area (Å²) >= 11 is 7.19. The smallest absolute Gasteiger partial charge is 0.282 e. The van der Waals surface area contributed by atoms with Crippen LogP contribution >= 0.6 is 31.9 Å². The van der Waals surface area contributed by atoms with Crippen molar-refractivity contribution in [2.45, 2.75) is 13.8 Å². The van der Waals surface area contributed by atoms with Crippen LogP contribution in [0, 0.1) is 6.92 Å². The molecule has 0 aliphatic carbocycles. The summed E-state index contributed by atoms with van der Waals surface area (Å²) in [5.74, 6) is 1.06. The molecule has 1 N–H and O–H groups in total. The zero-order chi connectivity index (χ0) is 31.5. The summed E-state index contributed by atoms with van der Waals surface area (Å²) < 4.78 is 20.2. The van der Waals surface area contributed by atoms with Crippen molar-refractivity contribution >= 4 is 71.5 Å². The van der Waals surface area contributed by atoms with E-state index in [4.69, 9.17) is 18.9 Å². The van der Waals surface area contributed by atoms with Crippen molar-refractivity contribution in [3.05, 3.63) is 115 Å². The van der Waals surface area contributed by atoms with Gasteiger partial charge in [0.1, 0.15) is 5.58 Å². The average molecular weight is 730 g/mol. The van der Waals surface area contributed by atoms with Crippen LogP contribution in [0.4, 0.5) is 5.69 Å². The molecule has 0 fully saturated rings. The predicted molar refractivity (Wildman–Crippen MR) is 183 cm³/mol. The number of para-hydroxylation sites is 2. The summed E-state index contributed by atoms with van der Waals surface area (Å²) in [7, 11) is 0. The van der Waals surface area contributed by atoms with Gasteiger partial charge < -0.3 is 19.2 Å². The number of benzene rings is 4. The second-order valence-corrected chi connectivity index (χ2v) is 11.6. The van der Waals surface area contributed by atoms with Gasteiger partial charge in [-0.15, -0.1) is 0 Å². The first-order chi connectivity index (χ1) is 21.8. The van der Waals surface area contributed by atoms with E-state index in [0.717, 1.165) is 10.9 Å². The maximum absolute atomic E-state index is 13.7. The number of amides is 1. The van der Waals surface area contributed by atoms with E-state index in [2.05, 4.69) is 42.3 Å². The summed E-state index contributed by atoms with van der Waals surface area (Å²) in [4.78, 5) is 31.1. The maximum Gasteiger partial charge on any atom is 0.282 e. The molecule has 0 saturated carbocycles. The molecule has 226 valence electrons. The number of fused-ring (bicyclic) bond motifs is 2. The number of furan rings is 1. The quantitative estimate of drug-likeness (QED) is 0.152. The Kier molecular flexibility index (Phi) is 8.81. The van der Waals surface area contributed by atoms with Crippen molar-refractivity contribution in [3.8, 4) is 23.1 Å². The first kappa shape index (κ1) is 30.3. The molecule has 0 unspecified atom stereocenters. The molecule has 0 bridgehead atoms. The van der Waals surface area contributed by atoms with Crippen LogP contribution in [-0.2, 0) is 4.79 Å². The van der Waals surface area contributed by atoms with E-state index in [-0.39, 0.29) is 23.9 Å². The van der Waals surface area contributed by atoms with Gasteiger partial charge in [0.15, 0.2) is 23.9 Å². The second-order valence-electron chi connectivity index (χ2n) is 10.0. The molecule has 0 spiro atoms. The molecule has 4 aromatic carbocycles. The van der Waals surface area contributed by atoms with Gasteiger partial charge in [0, 0.05) is 21.1 Å². The first-order valence-electron chi connectivity index (χ1n) is 14.0. The largest absolute Gasteiger partial charge is 0.490 e. The molecule has 9 nitrogen and oxygen atoms in total. The molecule has 2 heterocycles. The van der Waals surface area contributed by atoms with Crippen LogP contribution in [0.3, 0.4) is 0 Å². The molecule has 6 rings (SSSR count). The fourth-order valence-corrected chi connectivity index (χ4v) is 5.61. The van der Waals surface area contributed by atoms with Gasteiger partial charge in [0.05, 0.1) is 28.2 Å². The third-order valence-electron chi connectivity index (χ3n) is 6.85. The number of hydrogen-bond acceptors (Lipinski definition) is 7. The summed E-state index contributed by atoms with van der Waals surface area (Å²) in [6.45, 7) is 3.92. The van der Waals surface area contributed by atoms with Gasteiger partial charge in [-0.05, 0) is 88.2 Å². The van der Waals surface area contributed by atoms with Crippen molar-refractivity contribution in [2.75, 3.05) is 18.5 Å². The lowest BCUT2D eigenvalue weighted by atomic mass is 10.2. The molecule has 0 radical (unpaired) electrons. The van der Waals surface area contributed by atoms with Crippen LogP contribution in [0.1, 0.15) is 18.1 Å². The summed E-state index contributed by atoms with van der Waals surface area (Å²) in [6.07, 6.45) is 1.52. The van der Waals surface area contributed by atoms with Gasteiger partial charge in [-0.25, -0.2) is 4.98 Å². The van der Waals surface area contributed by atoms with Crippen molar-refractivity contribution in [2.24, 2.45) is 5.10 Å². The Balaban J connectivity index is 1.35. The highest BCUT2D eigenvalue weighted by Crippen LogP contribution is 2.42. The number of aromatic nitrogens is 2. The van der Waals surface area contributed by atoms with Gasteiger partial charge in [-0.2, -0.15) is 9.78 Å². The van der Waals surface area contributed by atoms with Gasteiger partial charge in [0.25, 0.3) is 11.5 Å². The monoisotopic (exact) mass is 728 g/mol. The molecule has 2 aromatic heterocycles. The zero-order valence-electron chi connectivity index (χ0n) is 24.2. The van der Waals surface area contributed by atoms with E-state index in [1.807, 2.05) is 74.5 Å². The van der Waals surface area contributed by atoms with Crippen molar-refractivity contribution < 1.29 is 18.7 Å². The highest BCUT2D eigenvalue weighted by atomic mass is 79.9. The number of hydrogen-bond donors (Lipinski definition) is 1. The Hall–Kier alpha value is -4.74. The van der Waals surface area contributed by atoms with Crippen LogP contribution in [0.5, 0.6) is 11.5 Å². The highest BCUT2D eigenvalue weighted by Gasteiger charge is 2.20. The number of nitrogens with one attached hydrogen (secondary N) is 1. The van der Waals surface area contributed by atoms with E-state index in [9.17, 15) is 9.59 Å². The number of nitrogens with zero attached hydrogens (tertiary/aromatic N) is 3. The lowest BCUT2D eigenvalue weighted by molar-refractivity contribution is -0.118. The molecular weight excluding hydrogens is 704 g/mol. The molecular formula is C34H26Br2N4O5. The Morgan fingerprint density at radius 1 is 1.00 bits per heavy atom. The minimum absolute atomic E-state index is 0.245. The molecule has 45 heavy (non-hydrogen) atoms. The van der Waals surface area contributed by atoms with E-state index in [1.165, 1.54) is 10.9 Å². The Bertz CT molecular complexity index is 2110. The lowest BCUT2D eigenvalue weighted by Crippen LogP contribution is -2.21. The summed E-state index contributed by atoms with van der Waals surface area (Å²) in [5.41, 5.74) is 3.19. The molecule has 1 amide bonds. The number of rotatable bonds is 9. The molecule has 11 heteroatoms. The number of halogens is 2. The SMILES string of the molecule is CCOc1cc(C=Nn2c(-c3cc4ccccc4o3)nc3ccccc3c2=O)c(Br)c(Br)c1OCC(=O)Nc1ccc(C)cc1. The van der Waals surface area contributed by atoms with Crippen LogP contribution in [0.15, 0.2) is 108 Å². The fraction of sp³-hybridized carbons (Fsp3) is 0.118. The molecule has 0 saturated heterocycles. The average Bonchev–Trinajstić information content (AvgIpc) is 3.48. The normalized spacial score (nSPS) is 11.4. The molecule has 0 atom stereocenters. The third kappa shape index (κ3) is 6.40. The topological polar surface area (TPSA) is 108 Å². The first-order valence-corrected chi connectivity index (χ1v) is 15.6. The van der Waals surface area contributed by atoms with Crippen molar-refractivity contribution in [3.63, 3.8) is 0 Å². The summed E-state index contributed by atoms with van der Waals surface area (Å²) in [6, 6.07) is 25.7. The number of ether oxygens (including phenoxy) is 2. The van der Waals surface area contributed by atoms with Gasteiger partial charge in [0.2, 0.25) is 5.82 Å². The van der Waals surface area contributed by atoms with Crippen LogP contribution < -0.4 is 20.3 Å². The summed E-state index contributed by atoms with van der Waals surface area (Å²) in [5, 5.41) is 8.69. The molecule has 0 aliphatic heterocycles. The van der Waals surface area contributed by atoms with Crippen LogP contribution in [-0.4, -0.2) is 35.0 Å². The number of aryl methyl sites for hydroxylation is 1. The van der Waals surface area contributed by atoms with E-state index in [1.54, 1.807) is 24.3 Å². The Labute approximate surface area is 274 Å². The maximum atomic E-state index is 13.7. The minimum Gasteiger partial charge on any atom is -0.490 e. The number of carbonyl (C=O) groups excluding carboxylic acids is 1. The fourth-order valence-electron chi connectivity index (χ4n) is 4.67. The Morgan fingerprint density at radius 2 is 1.76 bits per heavy atom. The minimum atomic E-state index is -0.355. The van der Waals surface area contributed by atoms with Gasteiger partial charge >= 0.3 is 0 Å². The lowest BCUT2D eigenvalue weighted by Gasteiger charge is -2.16. The van der Waals surface area contributed by atoms with Crippen LogP contribution in [0.25, 0.3) is 33.5 Å². The molecule has 0 aliphatic rings. The van der Waals surface area contributed by atoms with E-state index >= 15 is 0 Å². The number of carbonyl (C=O) groups is 1. The predicted octanol–water partition coefficient (Wildman–Crippen LogP) is 7.94. The van der Waals surface area contributed by atoms with E-state index < -0.39 is 0 Å². The van der Waals surface area contributed by atoms with Crippen LogP contribution in [0.2, 0.25) is 0 Å². The second kappa shape index (κ2) is 13.1. The Morgan fingerprint density at radius 3 is 2.53 bits per heavy atom. The zero-order valence-corrected chi connectivity index (χ0v) is 27.4. The highest BCUT2D eigenvalue weighted by molar-refractivity contribution is 9.13. The standard InChI is InChI=1S/C34H26Br2N4O5/c1-3-43-27-17-22(30(35)31(36)32(27)44-19-29(41)38-23-14-12-20(2)13-15-23)18-37-40-33(28-16-21-8-4-7-11-26(21)45-28)39-25-10-6-5-9-24(25)34(40)42/h4-18H,3,19H2,1-2H3,(H,38,41). The molecule has 6 aromatic rings. The van der Waals surface area contributed by atoms with Gasteiger partial charge in [-0.1, -0.05) is 48.0 Å². The number of anilines is 1. The van der Waals surface area contributed by atoms with E-state index in [0.29, 0.717) is 60.5 Å². The third-order valence-corrected chi connectivity index (χ3v) is 8.99. The van der Waals surface area contributed by atoms with Crippen molar-refractivity contribution in [1.82, 2.24) is 9.66 Å². The van der Waals surface area contributed by atoms with Gasteiger partial charge in [-0.3, -0.25) is 9.59 Å². The van der Waals surface area contributed by atoms with Crippen molar-refractivity contribution in [1.29, 1.82) is 0 Å².